The number of carbonyl (C=O) groups is 1. The largest absolute Gasteiger partial charge is 0.299 e. The van der Waals surface area contributed by atoms with E-state index in [1.54, 1.807) is 13.8 Å². The summed E-state index contributed by atoms with van der Waals surface area (Å²) >= 11 is 4.63. The Morgan fingerprint density at radius 2 is 1.70 bits per heavy atom. The minimum Gasteiger partial charge on any atom is -0.299 e. The molecule has 1 aromatic heterocycles. The Labute approximate surface area is 207 Å². The smallest absolute Gasteiger partial charge is 0.244 e. The molecule has 0 aliphatic rings. The molecule has 0 unspecified atom stereocenters. The van der Waals surface area contributed by atoms with Gasteiger partial charge in [0.05, 0.1) is 4.90 Å². The zero-order valence-electron chi connectivity index (χ0n) is 19.1. The van der Waals surface area contributed by atoms with Gasteiger partial charge in [0.15, 0.2) is 0 Å². The molecule has 0 spiro atoms. The molecular weight excluding hydrogens is 524 g/mol. The van der Waals surface area contributed by atoms with E-state index in [-0.39, 0.29) is 10.8 Å². The zero-order valence-corrected chi connectivity index (χ0v) is 22.4. The van der Waals surface area contributed by atoms with Crippen molar-refractivity contribution in [2.24, 2.45) is 5.92 Å². The third-order valence-electron chi connectivity index (χ3n) is 5.40. The number of amides is 1. The molecule has 1 heterocycles. The fourth-order valence-electron chi connectivity index (χ4n) is 3.65. The van der Waals surface area contributed by atoms with E-state index in [2.05, 4.69) is 36.2 Å². The molecule has 2 atom stereocenters. The zero-order chi connectivity index (χ0) is 24.3. The molecule has 176 valence electrons. The Morgan fingerprint density at radius 1 is 1.09 bits per heavy atom. The Bertz CT molecular complexity index is 1230. The number of nitrogens with zero attached hydrogens (tertiary/aromatic N) is 2. The molecule has 0 aliphatic carbocycles. The summed E-state index contributed by atoms with van der Waals surface area (Å²) in [6.07, 6.45) is 0.618. The summed E-state index contributed by atoms with van der Waals surface area (Å²) < 4.78 is 30.1. The van der Waals surface area contributed by atoms with Crippen LogP contribution in [0.15, 0.2) is 45.8 Å². The molecule has 1 amide bonds. The Kier molecular flexibility index (Phi) is 8.04. The van der Waals surface area contributed by atoms with Gasteiger partial charge in [-0.05, 0) is 49.9 Å². The van der Waals surface area contributed by atoms with Gasteiger partial charge in [0.2, 0.25) is 21.1 Å². The van der Waals surface area contributed by atoms with Crippen LogP contribution in [0.4, 0.5) is 5.13 Å². The molecular formula is C23H27BrN4O3S2. The van der Waals surface area contributed by atoms with Crippen LogP contribution in [0, 0.1) is 26.7 Å². The Hall–Kier alpha value is -2.14. The lowest BCUT2D eigenvalue weighted by molar-refractivity contribution is -0.118. The third kappa shape index (κ3) is 6.06. The highest BCUT2D eigenvalue weighted by Gasteiger charge is 2.32. The molecule has 0 saturated carbocycles. The number of rotatable bonds is 8. The molecule has 7 nitrogen and oxygen atoms in total. The second kappa shape index (κ2) is 10.4. The van der Waals surface area contributed by atoms with Gasteiger partial charge in [0, 0.05) is 10.0 Å². The number of nitrogens with one attached hydrogen (secondary N) is 2. The number of hydrogen-bond donors (Lipinski definition) is 2. The normalized spacial score (nSPS) is 13.5. The van der Waals surface area contributed by atoms with E-state index in [0.717, 1.165) is 15.6 Å². The average Bonchev–Trinajstić information content (AvgIpc) is 3.19. The molecule has 2 aromatic carbocycles. The Balaban J connectivity index is 1.83. The summed E-state index contributed by atoms with van der Waals surface area (Å²) in [6, 6.07) is 10.3. The van der Waals surface area contributed by atoms with Gasteiger partial charge in [-0.25, -0.2) is 8.42 Å². The van der Waals surface area contributed by atoms with E-state index in [1.165, 1.54) is 11.3 Å². The summed E-state index contributed by atoms with van der Waals surface area (Å²) in [5.41, 5.74) is 3.15. The van der Waals surface area contributed by atoms with E-state index in [9.17, 15) is 13.2 Å². The lowest BCUT2D eigenvalue weighted by atomic mass is 9.99. The van der Waals surface area contributed by atoms with Crippen LogP contribution in [-0.2, 0) is 14.8 Å². The van der Waals surface area contributed by atoms with Crippen LogP contribution in [0.25, 0.3) is 10.6 Å². The summed E-state index contributed by atoms with van der Waals surface area (Å²) in [4.78, 5) is 13.3. The fourth-order valence-corrected chi connectivity index (χ4v) is 6.42. The van der Waals surface area contributed by atoms with E-state index in [0.29, 0.717) is 27.7 Å². The SMILES string of the molecule is CC[C@@H](C)[C@H](NS(=O)(=O)c1c(C)cc(C)cc1C)C(=O)Nc1nnc(-c2ccc(Br)cc2)s1. The van der Waals surface area contributed by atoms with E-state index < -0.39 is 22.0 Å². The van der Waals surface area contributed by atoms with Crippen molar-refractivity contribution in [3.05, 3.63) is 57.6 Å². The molecule has 3 aromatic rings. The van der Waals surface area contributed by atoms with Crippen LogP contribution < -0.4 is 10.0 Å². The first-order chi connectivity index (χ1) is 15.5. The molecule has 0 radical (unpaired) electrons. The van der Waals surface area contributed by atoms with Crippen molar-refractivity contribution in [3.8, 4) is 10.6 Å². The van der Waals surface area contributed by atoms with Crippen molar-refractivity contribution in [1.29, 1.82) is 0 Å². The molecule has 3 rings (SSSR count). The number of hydrogen-bond acceptors (Lipinski definition) is 6. The third-order valence-corrected chi connectivity index (χ3v) is 8.56. The van der Waals surface area contributed by atoms with E-state index in [4.69, 9.17) is 0 Å². The molecule has 0 fully saturated rings. The quantitative estimate of drug-likeness (QED) is 0.400. The van der Waals surface area contributed by atoms with Crippen LogP contribution in [0.5, 0.6) is 0 Å². The average molecular weight is 552 g/mol. The van der Waals surface area contributed by atoms with Crippen molar-refractivity contribution < 1.29 is 13.2 Å². The van der Waals surface area contributed by atoms with Crippen LogP contribution >= 0.6 is 27.3 Å². The van der Waals surface area contributed by atoms with Crippen LogP contribution in [-0.4, -0.2) is 30.6 Å². The van der Waals surface area contributed by atoms with Crippen molar-refractivity contribution >= 4 is 48.3 Å². The number of sulfonamides is 1. The van der Waals surface area contributed by atoms with Gasteiger partial charge in [-0.1, -0.05) is 77.4 Å². The minimum absolute atomic E-state index is 0.211. The van der Waals surface area contributed by atoms with Gasteiger partial charge in [-0.3, -0.25) is 10.1 Å². The maximum absolute atomic E-state index is 13.3. The second-order valence-electron chi connectivity index (χ2n) is 8.12. The van der Waals surface area contributed by atoms with E-state index >= 15 is 0 Å². The molecule has 33 heavy (non-hydrogen) atoms. The predicted octanol–water partition coefficient (Wildman–Crippen LogP) is 5.22. The first kappa shape index (κ1) is 25.5. The lowest BCUT2D eigenvalue weighted by Crippen LogP contribution is -2.47. The highest BCUT2D eigenvalue weighted by molar-refractivity contribution is 9.10. The van der Waals surface area contributed by atoms with Gasteiger partial charge in [-0.2, -0.15) is 4.72 Å². The minimum atomic E-state index is -3.92. The first-order valence-electron chi connectivity index (χ1n) is 10.5. The highest BCUT2D eigenvalue weighted by Crippen LogP contribution is 2.28. The van der Waals surface area contributed by atoms with Crippen LogP contribution in [0.2, 0.25) is 0 Å². The topological polar surface area (TPSA) is 101 Å². The summed E-state index contributed by atoms with van der Waals surface area (Å²) in [6.45, 7) is 9.20. The van der Waals surface area contributed by atoms with Gasteiger partial charge in [0.25, 0.3) is 0 Å². The first-order valence-corrected chi connectivity index (χ1v) is 13.6. The second-order valence-corrected chi connectivity index (χ2v) is 11.7. The monoisotopic (exact) mass is 550 g/mol. The number of halogens is 1. The summed E-state index contributed by atoms with van der Waals surface area (Å²) in [7, 11) is -3.92. The maximum Gasteiger partial charge on any atom is 0.244 e. The Morgan fingerprint density at radius 3 is 2.27 bits per heavy atom. The fraction of sp³-hybridized carbons (Fsp3) is 0.348. The number of anilines is 1. The molecule has 0 bridgehead atoms. The maximum atomic E-state index is 13.3. The molecule has 0 aliphatic heterocycles. The molecule has 2 N–H and O–H groups in total. The van der Waals surface area contributed by atoms with Crippen molar-refractivity contribution in [1.82, 2.24) is 14.9 Å². The lowest BCUT2D eigenvalue weighted by Gasteiger charge is -2.24. The number of carbonyl (C=O) groups excluding carboxylic acids is 1. The number of aromatic nitrogens is 2. The van der Waals surface area contributed by atoms with Crippen LogP contribution in [0.1, 0.15) is 37.0 Å². The van der Waals surface area contributed by atoms with Crippen LogP contribution in [0.3, 0.4) is 0 Å². The standard InChI is InChI=1S/C23H27BrN4O3S2/c1-6-14(3)19(28-33(30,31)20-15(4)11-13(2)12-16(20)5)21(29)25-23-27-26-22(32-23)17-7-9-18(24)10-8-17/h7-12,14,19,28H,6H2,1-5H3,(H,25,27,29)/t14-,19+/m1/s1. The highest BCUT2D eigenvalue weighted by atomic mass is 79.9. The van der Waals surface area contributed by atoms with Gasteiger partial charge in [-0.15, -0.1) is 10.2 Å². The summed E-state index contributed by atoms with van der Waals surface area (Å²) in [5.74, 6) is -0.696. The van der Waals surface area contributed by atoms with Crippen molar-refractivity contribution in [2.75, 3.05) is 5.32 Å². The van der Waals surface area contributed by atoms with Gasteiger partial charge in [0.1, 0.15) is 11.0 Å². The number of aryl methyl sites for hydroxylation is 3. The van der Waals surface area contributed by atoms with Gasteiger partial charge >= 0.3 is 0 Å². The van der Waals surface area contributed by atoms with Gasteiger partial charge < -0.3 is 0 Å². The van der Waals surface area contributed by atoms with Crippen molar-refractivity contribution in [3.63, 3.8) is 0 Å². The molecule has 10 heteroatoms. The van der Waals surface area contributed by atoms with Crippen molar-refractivity contribution in [2.45, 2.75) is 52.0 Å². The number of benzene rings is 2. The predicted molar refractivity (Wildman–Crippen MR) is 136 cm³/mol. The summed E-state index contributed by atoms with van der Waals surface area (Å²) in [5, 5.41) is 11.9. The van der Waals surface area contributed by atoms with E-state index in [1.807, 2.05) is 57.2 Å². The molecule has 0 saturated heterocycles.